The van der Waals surface area contributed by atoms with Crippen molar-refractivity contribution in [2.75, 3.05) is 6.54 Å². The van der Waals surface area contributed by atoms with Crippen molar-refractivity contribution in [1.82, 2.24) is 0 Å². The molecule has 0 spiro atoms. The molecule has 0 fully saturated rings. The summed E-state index contributed by atoms with van der Waals surface area (Å²) in [5.41, 5.74) is 7.76. The zero-order valence-corrected chi connectivity index (χ0v) is 12.9. The van der Waals surface area contributed by atoms with E-state index in [1.54, 1.807) is 0 Å². The topological polar surface area (TPSA) is 43.1 Å². The highest BCUT2D eigenvalue weighted by atomic mass is 35.5. The number of hydrogen-bond donors (Lipinski definition) is 1. The summed E-state index contributed by atoms with van der Waals surface area (Å²) in [6.45, 7) is 6.98. The number of carbonyl (C=O) groups is 1. The third kappa shape index (κ3) is 5.75. The fourth-order valence-electron chi connectivity index (χ4n) is 2.09. The lowest BCUT2D eigenvalue weighted by molar-refractivity contribution is -0.119. The minimum atomic E-state index is 0.140. The number of ketones is 1. The summed E-state index contributed by atoms with van der Waals surface area (Å²) >= 11 is 6.14. The molecule has 0 saturated heterocycles. The molecule has 2 N–H and O–H groups in total. The summed E-state index contributed by atoms with van der Waals surface area (Å²) < 4.78 is 0. The molecule has 0 aliphatic rings. The number of nitrogens with two attached hydrogens (primary N) is 1. The SMILES string of the molecule is Cc1ccc(CC(=O)CCC(C)(C)CCN)c(Cl)c1. The van der Waals surface area contributed by atoms with Crippen molar-refractivity contribution in [2.24, 2.45) is 11.1 Å². The van der Waals surface area contributed by atoms with E-state index in [0.29, 0.717) is 24.4 Å². The molecule has 0 unspecified atom stereocenters. The average molecular weight is 282 g/mol. The Labute approximate surface area is 121 Å². The molecule has 3 heteroatoms. The summed E-state index contributed by atoms with van der Waals surface area (Å²) in [7, 11) is 0. The van der Waals surface area contributed by atoms with Crippen molar-refractivity contribution in [1.29, 1.82) is 0 Å². The summed E-state index contributed by atoms with van der Waals surface area (Å²) in [6.07, 6.45) is 2.85. The first-order valence-corrected chi connectivity index (χ1v) is 7.19. The second-order valence-electron chi connectivity index (χ2n) is 6.01. The van der Waals surface area contributed by atoms with Crippen LogP contribution in [0.3, 0.4) is 0 Å². The summed E-state index contributed by atoms with van der Waals surface area (Å²) in [5, 5.41) is 0.689. The van der Waals surface area contributed by atoms with Crippen LogP contribution in [-0.2, 0) is 11.2 Å². The quantitative estimate of drug-likeness (QED) is 0.823. The van der Waals surface area contributed by atoms with Crippen LogP contribution in [0.2, 0.25) is 5.02 Å². The minimum absolute atomic E-state index is 0.140. The molecule has 19 heavy (non-hydrogen) atoms. The van der Waals surface area contributed by atoms with Gasteiger partial charge in [-0.1, -0.05) is 37.6 Å². The smallest absolute Gasteiger partial charge is 0.137 e. The molecule has 0 radical (unpaired) electrons. The summed E-state index contributed by atoms with van der Waals surface area (Å²) in [5.74, 6) is 0.246. The third-order valence-corrected chi connectivity index (χ3v) is 3.85. The van der Waals surface area contributed by atoms with Crippen LogP contribution in [0, 0.1) is 12.3 Å². The predicted octanol–water partition coefficient (Wildman–Crippen LogP) is 3.92. The van der Waals surface area contributed by atoms with E-state index in [1.807, 2.05) is 25.1 Å². The molecule has 1 aromatic carbocycles. The molecule has 0 aliphatic carbocycles. The summed E-state index contributed by atoms with van der Waals surface area (Å²) in [6, 6.07) is 5.84. The van der Waals surface area contributed by atoms with Gasteiger partial charge in [-0.2, -0.15) is 0 Å². The molecular weight excluding hydrogens is 258 g/mol. The van der Waals surface area contributed by atoms with Crippen LogP contribution in [0.15, 0.2) is 18.2 Å². The predicted molar refractivity (Wildman–Crippen MR) is 81.6 cm³/mol. The van der Waals surface area contributed by atoms with E-state index >= 15 is 0 Å². The van der Waals surface area contributed by atoms with Gasteiger partial charge in [0.1, 0.15) is 5.78 Å². The normalized spacial score (nSPS) is 11.6. The van der Waals surface area contributed by atoms with Gasteiger partial charge in [0, 0.05) is 17.9 Å². The zero-order valence-electron chi connectivity index (χ0n) is 12.1. The monoisotopic (exact) mass is 281 g/mol. The van der Waals surface area contributed by atoms with Crippen LogP contribution >= 0.6 is 11.6 Å². The molecule has 1 aromatic rings. The zero-order chi connectivity index (χ0) is 14.5. The first-order chi connectivity index (χ1) is 8.84. The molecule has 0 atom stereocenters. The molecule has 0 bridgehead atoms. The second kappa shape index (κ2) is 7.06. The molecular formula is C16H24ClNO. The van der Waals surface area contributed by atoms with Gasteiger partial charge in [-0.15, -0.1) is 0 Å². The highest BCUT2D eigenvalue weighted by Crippen LogP contribution is 2.27. The maximum absolute atomic E-state index is 12.0. The fraction of sp³-hybridized carbons (Fsp3) is 0.562. The largest absolute Gasteiger partial charge is 0.330 e. The van der Waals surface area contributed by atoms with Gasteiger partial charge in [0.2, 0.25) is 0 Å². The van der Waals surface area contributed by atoms with Crippen molar-refractivity contribution < 1.29 is 4.79 Å². The van der Waals surface area contributed by atoms with Gasteiger partial charge in [-0.3, -0.25) is 4.79 Å². The Morgan fingerprint density at radius 3 is 2.58 bits per heavy atom. The first kappa shape index (κ1) is 16.2. The van der Waals surface area contributed by atoms with Gasteiger partial charge in [0.05, 0.1) is 0 Å². The van der Waals surface area contributed by atoms with Gasteiger partial charge in [0.25, 0.3) is 0 Å². The minimum Gasteiger partial charge on any atom is -0.330 e. The molecule has 0 aliphatic heterocycles. The van der Waals surface area contributed by atoms with Gasteiger partial charge < -0.3 is 5.73 Å². The lowest BCUT2D eigenvalue weighted by Gasteiger charge is -2.23. The standard InChI is InChI=1S/C16H24ClNO/c1-12-4-5-13(15(17)10-12)11-14(19)6-7-16(2,3)8-9-18/h4-5,10H,6-9,11,18H2,1-3H3. The Bertz CT molecular complexity index is 440. The van der Waals surface area contributed by atoms with Crippen LogP contribution in [0.25, 0.3) is 0 Å². The lowest BCUT2D eigenvalue weighted by atomic mass is 9.83. The molecule has 0 saturated carbocycles. The van der Waals surface area contributed by atoms with Crippen LogP contribution in [0.4, 0.5) is 0 Å². The van der Waals surface area contributed by atoms with Gasteiger partial charge >= 0.3 is 0 Å². The van der Waals surface area contributed by atoms with E-state index < -0.39 is 0 Å². The Morgan fingerprint density at radius 1 is 1.32 bits per heavy atom. The maximum Gasteiger partial charge on any atom is 0.137 e. The first-order valence-electron chi connectivity index (χ1n) is 6.81. The van der Waals surface area contributed by atoms with Gasteiger partial charge in [0.15, 0.2) is 0 Å². The van der Waals surface area contributed by atoms with E-state index in [4.69, 9.17) is 17.3 Å². The number of carbonyl (C=O) groups excluding carboxylic acids is 1. The van der Waals surface area contributed by atoms with Crippen molar-refractivity contribution in [2.45, 2.75) is 46.5 Å². The Balaban J connectivity index is 2.52. The number of halogens is 1. The third-order valence-electron chi connectivity index (χ3n) is 3.50. The highest BCUT2D eigenvalue weighted by Gasteiger charge is 2.18. The number of hydrogen-bond acceptors (Lipinski definition) is 2. The van der Waals surface area contributed by atoms with Crippen LogP contribution in [0.1, 0.15) is 44.2 Å². The molecule has 106 valence electrons. The lowest BCUT2D eigenvalue weighted by Crippen LogP contribution is -2.18. The van der Waals surface area contributed by atoms with E-state index in [0.717, 1.165) is 24.0 Å². The van der Waals surface area contributed by atoms with E-state index in [-0.39, 0.29) is 11.2 Å². The highest BCUT2D eigenvalue weighted by molar-refractivity contribution is 6.31. The number of benzene rings is 1. The van der Waals surface area contributed by atoms with E-state index in [1.165, 1.54) is 0 Å². The number of aryl methyl sites for hydroxylation is 1. The van der Waals surface area contributed by atoms with Crippen molar-refractivity contribution >= 4 is 17.4 Å². The van der Waals surface area contributed by atoms with Crippen molar-refractivity contribution in [3.8, 4) is 0 Å². The van der Waals surface area contributed by atoms with Crippen molar-refractivity contribution in [3.63, 3.8) is 0 Å². The number of Topliss-reactive ketones (excluding diaryl/α,β-unsaturated/α-hetero) is 1. The van der Waals surface area contributed by atoms with E-state index in [9.17, 15) is 4.79 Å². The van der Waals surface area contributed by atoms with E-state index in [2.05, 4.69) is 13.8 Å². The number of rotatable bonds is 7. The Kier molecular flexibility index (Phi) is 6.02. The van der Waals surface area contributed by atoms with Gasteiger partial charge in [-0.05, 0) is 48.9 Å². The fourth-order valence-corrected chi connectivity index (χ4v) is 2.39. The molecule has 0 amide bonds. The summed E-state index contributed by atoms with van der Waals surface area (Å²) in [4.78, 5) is 12.0. The van der Waals surface area contributed by atoms with Crippen LogP contribution in [0.5, 0.6) is 0 Å². The van der Waals surface area contributed by atoms with Crippen molar-refractivity contribution in [3.05, 3.63) is 34.3 Å². The second-order valence-corrected chi connectivity index (χ2v) is 6.42. The van der Waals surface area contributed by atoms with Crippen LogP contribution in [-0.4, -0.2) is 12.3 Å². The Hall–Kier alpha value is -0.860. The molecule has 1 rings (SSSR count). The molecule has 2 nitrogen and oxygen atoms in total. The average Bonchev–Trinajstić information content (AvgIpc) is 2.30. The van der Waals surface area contributed by atoms with Gasteiger partial charge in [-0.25, -0.2) is 0 Å². The molecule has 0 heterocycles. The Morgan fingerprint density at radius 2 is 2.00 bits per heavy atom. The maximum atomic E-state index is 12.0. The molecule has 0 aromatic heterocycles. The van der Waals surface area contributed by atoms with Crippen LogP contribution < -0.4 is 5.73 Å².